The summed E-state index contributed by atoms with van der Waals surface area (Å²) in [4.78, 5) is 46.0. The number of esters is 1. The minimum atomic E-state index is -0.702. The van der Waals surface area contributed by atoms with E-state index in [1.807, 2.05) is 30.3 Å². The van der Waals surface area contributed by atoms with E-state index in [-0.39, 0.29) is 24.4 Å². The van der Waals surface area contributed by atoms with Gasteiger partial charge in [-0.1, -0.05) is 25.0 Å². The molecule has 2 unspecified atom stereocenters. The maximum atomic E-state index is 14.6. The molecule has 0 saturated carbocycles. The molecule has 3 heterocycles. The van der Waals surface area contributed by atoms with E-state index in [9.17, 15) is 19.5 Å². The van der Waals surface area contributed by atoms with Crippen LogP contribution in [0.4, 0.5) is 5.69 Å². The molecule has 3 fully saturated rings. The number of benzene rings is 1. The van der Waals surface area contributed by atoms with E-state index in [4.69, 9.17) is 9.47 Å². The van der Waals surface area contributed by atoms with Crippen molar-refractivity contribution < 1.29 is 29.0 Å². The summed E-state index contributed by atoms with van der Waals surface area (Å²) in [6.07, 6.45) is 10.6. The third kappa shape index (κ3) is 6.13. The number of aliphatic hydroxyl groups excluding tert-OH is 1. The van der Waals surface area contributed by atoms with E-state index in [1.165, 1.54) is 0 Å². The third-order valence-corrected chi connectivity index (χ3v) is 11.1. The number of amides is 2. The molecule has 3 aliphatic rings. The standard InChI is InChI=1S/C33H46N2O6S/c1-5-7-8-13-23-41-31(39)27-26-29(37)35(21-11-9-10-12-22-36)28(33(26)19-18-32(27,3)42-33)30(38)34(20-6-2)24-14-16-25(40-4)17-15-24/h5-6,14-17,26-28,36H,1-2,7-13,18-23H2,3-4H3/t26-,27-,28?,32+,33?/m0/s1. The quantitative estimate of drug-likeness (QED) is 0.151. The molecule has 2 bridgehead atoms. The number of nitrogens with zero attached hydrogens (tertiary/aromatic N) is 2. The molecule has 1 aromatic rings. The van der Waals surface area contributed by atoms with Crippen molar-refractivity contribution in [1.82, 2.24) is 4.90 Å². The van der Waals surface area contributed by atoms with Crippen molar-refractivity contribution in [2.75, 3.05) is 38.3 Å². The van der Waals surface area contributed by atoms with Gasteiger partial charge >= 0.3 is 5.97 Å². The zero-order valence-electron chi connectivity index (χ0n) is 25.1. The fourth-order valence-corrected chi connectivity index (χ4v) is 9.40. The van der Waals surface area contributed by atoms with Crippen molar-refractivity contribution in [2.24, 2.45) is 11.8 Å². The van der Waals surface area contributed by atoms with Crippen molar-refractivity contribution in [2.45, 2.75) is 80.2 Å². The predicted molar refractivity (Wildman–Crippen MR) is 167 cm³/mol. The smallest absolute Gasteiger partial charge is 0.311 e. The van der Waals surface area contributed by atoms with Gasteiger partial charge in [0.25, 0.3) is 5.91 Å². The maximum absolute atomic E-state index is 14.6. The largest absolute Gasteiger partial charge is 0.497 e. The Labute approximate surface area is 254 Å². The lowest BCUT2D eigenvalue weighted by Crippen LogP contribution is -2.55. The number of ether oxygens (including phenoxy) is 2. The number of rotatable bonds is 17. The van der Waals surface area contributed by atoms with Crippen LogP contribution in [0, 0.1) is 11.8 Å². The number of aliphatic hydroxyl groups is 1. The summed E-state index contributed by atoms with van der Waals surface area (Å²) in [5.41, 5.74) is 0.704. The number of likely N-dealkylation sites (tertiary alicyclic amines) is 1. The van der Waals surface area contributed by atoms with E-state index in [0.717, 1.165) is 44.9 Å². The van der Waals surface area contributed by atoms with Gasteiger partial charge in [-0.25, -0.2) is 0 Å². The van der Waals surface area contributed by atoms with Crippen LogP contribution in [0.2, 0.25) is 0 Å². The van der Waals surface area contributed by atoms with E-state index in [1.54, 1.807) is 34.7 Å². The number of hydrogen-bond donors (Lipinski definition) is 1. The van der Waals surface area contributed by atoms with Gasteiger partial charge in [0.15, 0.2) is 0 Å². The molecule has 230 valence electrons. The molecule has 42 heavy (non-hydrogen) atoms. The molecule has 9 heteroatoms. The monoisotopic (exact) mass is 598 g/mol. The number of hydrogen-bond acceptors (Lipinski definition) is 7. The molecule has 3 aliphatic heterocycles. The van der Waals surface area contributed by atoms with Crippen LogP contribution in [-0.2, 0) is 19.1 Å². The first-order valence-electron chi connectivity index (χ1n) is 15.2. The van der Waals surface area contributed by atoms with Crippen LogP contribution in [0.15, 0.2) is 49.6 Å². The Morgan fingerprint density at radius 2 is 1.83 bits per heavy atom. The minimum Gasteiger partial charge on any atom is -0.497 e. The van der Waals surface area contributed by atoms with Gasteiger partial charge in [0.2, 0.25) is 5.91 Å². The lowest BCUT2D eigenvalue weighted by Gasteiger charge is -2.37. The minimum absolute atomic E-state index is 0.117. The number of allylic oxidation sites excluding steroid dienone is 1. The van der Waals surface area contributed by atoms with Gasteiger partial charge in [-0.15, -0.1) is 24.9 Å². The summed E-state index contributed by atoms with van der Waals surface area (Å²) in [6.45, 7) is 10.9. The highest BCUT2D eigenvalue weighted by Crippen LogP contribution is 2.71. The first-order chi connectivity index (χ1) is 20.3. The molecular weight excluding hydrogens is 552 g/mol. The average Bonchev–Trinajstić information content (AvgIpc) is 3.56. The first kappa shape index (κ1) is 32.1. The molecule has 1 N–H and O–H groups in total. The van der Waals surface area contributed by atoms with Crippen LogP contribution in [0.25, 0.3) is 0 Å². The predicted octanol–water partition coefficient (Wildman–Crippen LogP) is 5.15. The summed E-state index contributed by atoms with van der Waals surface area (Å²) in [6, 6.07) is 6.62. The van der Waals surface area contributed by atoms with Crippen LogP contribution < -0.4 is 9.64 Å². The van der Waals surface area contributed by atoms with Crippen molar-refractivity contribution in [1.29, 1.82) is 0 Å². The van der Waals surface area contributed by atoms with Crippen molar-refractivity contribution >= 4 is 35.2 Å². The number of anilines is 1. The second kappa shape index (κ2) is 14.1. The highest BCUT2D eigenvalue weighted by molar-refractivity contribution is 8.02. The Kier molecular flexibility index (Phi) is 10.8. The summed E-state index contributed by atoms with van der Waals surface area (Å²) in [5.74, 6) is -1.10. The Morgan fingerprint density at radius 1 is 1.10 bits per heavy atom. The first-order valence-corrected chi connectivity index (χ1v) is 16.0. The molecule has 1 aromatic carbocycles. The molecule has 2 amide bonds. The number of carbonyl (C=O) groups is 3. The van der Waals surface area contributed by atoms with Gasteiger partial charge in [0, 0.05) is 30.1 Å². The Balaban J connectivity index is 1.66. The highest BCUT2D eigenvalue weighted by atomic mass is 32.2. The number of methoxy groups -OCH3 is 1. The second-order valence-electron chi connectivity index (χ2n) is 11.8. The average molecular weight is 599 g/mol. The summed E-state index contributed by atoms with van der Waals surface area (Å²) in [5, 5.41) is 9.19. The van der Waals surface area contributed by atoms with Crippen LogP contribution in [0.1, 0.15) is 64.7 Å². The van der Waals surface area contributed by atoms with Crippen molar-refractivity contribution in [3.05, 3.63) is 49.6 Å². The fraction of sp³-hybridized carbons (Fsp3) is 0.606. The normalized spacial score (nSPS) is 27.5. The fourth-order valence-electron chi connectivity index (χ4n) is 7.07. The Morgan fingerprint density at radius 3 is 2.50 bits per heavy atom. The zero-order valence-corrected chi connectivity index (χ0v) is 25.9. The van der Waals surface area contributed by atoms with Crippen LogP contribution >= 0.6 is 11.8 Å². The Hall–Kier alpha value is -2.78. The number of thioether (sulfide) groups is 1. The number of fused-ring (bicyclic) bond motifs is 1. The molecule has 4 rings (SSSR count). The summed E-state index contributed by atoms with van der Waals surface area (Å²) >= 11 is 1.66. The highest BCUT2D eigenvalue weighted by Gasteiger charge is 2.77. The van der Waals surface area contributed by atoms with Gasteiger partial charge in [0.05, 0.1) is 30.3 Å². The van der Waals surface area contributed by atoms with E-state index >= 15 is 0 Å². The third-order valence-electron chi connectivity index (χ3n) is 9.08. The number of unbranched alkanes of at least 4 members (excludes halogenated alkanes) is 5. The van der Waals surface area contributed by atoms with E-state index in [2.05, 4.69) is 20.1 Å². The van der Waals surface area contributed by atoms with E-state index < -0.39 is 27.4 Å². The summed E-state index contributed by atoms with van der Waals surface area (Å²) in [7, 11) is 1.60. The zero-order chi connectivity index (χ0) is 30.3. The topological polar surface area (TPSA) is 96.4 Å². The van der Waals surface area contributed by atoms with Gasteiger partial charge in [-0.3, -0.25) is 14.4 Å². The molecule has 8 nitrogen and oxygen atoms in total. The molecule has 0 radical (unpaired) electrons. The van der Waals surface area contributed by atoms with Gasteiger partial charge < -0.3 is 24.4 Å². The molecule has 0 aliphatic carbocycles. The molecule has 5 atom stereocenters. The summed E-state index contributed by atoms with van der Waals surface area (Å²) < 4.78 is 9.93. The molecule has 0 aromatic heterocycles. The Bertz CT molecular complexity index is 1140. The molecule has 1 spiro atoms. The SMILES string of the molecule is C=CCCCCOC(=O)[C@@H]1[C@H]2C(=O)N(CCCCCCO)C(C(=O)N(CC=C)c3ccc(OC)cc3)C23CC[C@@]1(C)S3. The van der Waals surface area contributed by atoms with Crippen molar-refractivity contribution in [3.63, 3.8) is 0 Å². The van der Waals surface area contributed by atoms with Gasteiger partial charge in [-0.05, 0) is 76.1 Å². The lowest BCUT2D eigenvalue weighted by atomic mass is 9.66. The second-order valence-corrected chi connectivity index (χ2v) is 13.7. The number of carbonyl (C=O) groups excluding carboxylic acids is 3. The van der Waals surface area contributed by atoms with E-state index in [0.29, 0.717) is 44.0 Å². The molecular formula is C33H46N2O6S. The van der Waals surface area contributed by atoms with Crippen LogP contribution in [-0.4, -0.2) is 76.7 Å². The molecule has 3 saturated heterocycles. The maximum Gasteiger partial charge on any atom is 0.311 e. The van der Waals surface area contributed by atoms with Crippen LogP contribution in [0.3, 0.4) is 0 Å². The lowest BCUT2D eigenvalue weighted by molar-refractivity contribution is -0.155. The van der Waals surface area contributed by atoms with Crippen molar-refractivity contribution in [3.8, 4) is 5.75 Å². The van der Waals surface area contributed by atoms with Gasteiger partial charge in [0.1, 0.15) is 11.8 Å². The van der Waals surface area contributed by atoms with Crippen LogP contribution in [0.5, 0.6) is 5.75 Å². The van der Waals surface area contributed by atoms with Gasteiger partial charge in [-0.2, -0.15) is 0 Å².